The van der Waals surface area contributed by atoms with Gasteiger partial charge in [0.15, 0.2) is 0 Å². The summed E-state index contributed by atoms with van der Waals surface area (Å²) in [5.74, 6) is 0. The zero-order valence-corrected chi connectivity index (χ0v) is 6.93. The molecule has 0 aromatic carbocycles. The van der Waals surface area contributed by atoms with E-state index in [1.165, 1.54) is 0 Å². The van der Waals surface area contributed by atoms with Crippen LogP contribution < -0.4 is 0 Å². The van der Waals surface area contributed by atoms with Gasteiger partial charge in [-0.1, -0.05) is 0 Å². The monoisotopic (exact) mass is 173 g/mol. The molecular weight excluding hydrogens is 158 g/mol. The van der Waals surface area contributed by atoms with E-state index in [1.54, 1.807) is 0 Å². The number of aliphatic hydroxyl groups excluding tert-OH is 3. The van der Waals surface area contributed by atoms with E-state index in [2.05, 4.69) is 4.90 Å². The van der Waals surface area contributed by atoms with Crippen molar-refractivity contribution in [2.75, 3.05) is 13.1 Å². The van der Waals surface area contributed by atoms with E-state index >= 15 is 0 Å². The highest BCUT2D eigenvalue weighted by molar-refractivity contribution is 4.97. The third kappa shape index (κ3) is 1.25. The second-order valence-electron chi connectivity index (χ2n) is 3.80. The molecular formula is C8H15NO3. The Kier molecular flexibility index (Phi) is 2.08. The Morgan fingerprint density at radius 3 is 2.67 bits per heavy atom. The number of fused-ring (bicyclic) bond motifs is 1. The number of piperidine rings is 1. The van der Waals surface area contributed by atoms with Gasteiger partial charge in [0.25, 0.3) is 0 Å². The van der Waals surface area contributed by atoms with Gasteiger partial charge in [0.05, 0.1) is 18.3 Å². The standard InChI is InChI=1S/C8H15NO3/c10-5-1-2-9-4-7(11)8(12)6(9)3-5/h5-8,10-12H,1-4H2/t5-,6+,7-,8+/m1/s1. The average molecular weight is 173 g/mol. The Labute approximate surface area is 71.4 Å². The van der Waals surface area contributed by atoms with Crippen LogP contribution >= 0.6 is 0 Å². The molecule has 2 heterocycles. The van der Waals surface area contributed by atoms with Crippen molar-refractivity contribution in [1.29, 1.82) is 0 Å². The van der Waals surface area contributed by atoms with Crippen molar-refractivity contribution in [3.8, 4) is 0 Å². The summed E-state index contributed by atoms with van der Waals surface area (Å²) in [7, 11) is 0. The van der Waals surface area contributed by atoms with E-state index in [0.717, 1.165) is 13.0 Å². The maximum Gasteiger partial charge on any atom is 0.0967 e. The molecule has 2 rings (SSSR count). The van der Waals surface area contributed by atoms with Gasteiger partial charge >= 0.3 is 0 Å². The van der Waals surface area contributed by atoms with Crippen molar-refractivity contribution in [3.05, 3.63) is 0 Å². The number of hydrogen-bond donors (Lipinski definition) is 3. The van der Waals surface area contributed by atoms with Crippen LogP contribution in [0.2, 0.25) is 0 Å². The molecule has 3 N–H and O–H groups in total. The van der Waals surface area contributed by atoms with Crippen LogP contribution in [-0.2, 0) is 0 Å². The maximum atomic E-state index is 9.51. The predicted molar refractivity (Wildman–Crippen MR) is 42.6 cm³/mol. The molecule has 0 aromatic rings. The third-order valence-corrected chi connectivity index (χ3v) is 2.94. The summed E-state index contributed by atoms with van der Waals surface area (Å²) in [5, 5.41) is 28.2. The van der Waals surface area contributed by atoms with Crippen molar-refractivity contribution < 1.29 is 15.3 Å². The van der Waals surface area contributed by atoms with E-state index in [0.29, 0.717) is 13.0 Å². The minimum atomic E-state index is -0.667. The number of nitrogens with zero attached hydrogens (tertiary/aromatic N) is 1. The lowest BCUT2D eigenvalue weighted by Gasteiger charge is -2.33. The molecule has 4 heteroatoms. The molecule has 0 radical (unpaired) electrons. The minimum absolute atomic E-state index is 0.0243. The molecule has 4 nitrogen and oxygen atoms in total. The number of aliphatic hydroxyl groups is 3. The van der Waals surface area contributed by atoms with E-state index < -0.39 is 12.2 Å². The molecule has 0 aliphatic carbocycles. The van der Waals surface area contributed by atoms with Gasteiger partial charge in [0, 0.05) is 19.1 Å². The summed E-state index contributed by atoms with van der Waals surface area (Å²) in [6.45, 7) is 1.35. The van der Waals surface area contributed by atoms with E-state index in [-0.39, 0.29) is 12.1 Å². The minimum Gasteiger partial charge on any atom is -0.393 e. The summed E-state index contributed by atoms with van der Waals surface area (Å²) < 4.78 is 0. The van der Waals surface area contributed by atoms with Crippen LogP contribution in [0, 0.1) is 0 Å². The highest BCUT2D eigenvalue weighted by atomic mass is 16.3. The molecule has 2 fully saturated rings. The van der Waals surface area contributed by atoms with Gasteiger partial charge in [-0.25, -0.2) is 0 Å². The molecule has 2 aliphatic heterocycles. The lowest BCUT2D eigenvalue weighted by molar-refractivity contribution is 0.00403. The van der Waals surface area contributed by atoms with Crippen molar-refractivity contribution in [3.63, 3.8) is 0 Å². The fourth-order valence-electron chi connectivity index (χ4n) is 2.21. The van der Waals surface area contributed by atoms with E-state index in [1.807, 2.05) is 0 Å². The Balaban J connectivity index is 2.05. The average Bonchev–Trinajstić information content (AvgIpc) is 2.31. The molecule has 0 saturated carbocycles. The van der Waals surface area contributed by atoms with Gasteiger partial charge in [-0.3, -0.25) is 4.90 Å². The van der Waals surface area contributed by atoms with Crippen LogP contribution in [0.5, 0.6) is 0 Å². The van der Waals surface area contributed by atoms with Crippen LogP contribution in [0.25, 0.3) is 0 Å². The fraction of sp³-hybridized carbons (Fsp3) is 1.00. The van der Waals surface area contributed by atoms with Gasteiger partial charge in [0.2, 0.25) is 0 Å². The second kappa shape index (κ2) is 2.96. The fourth-order valence-corrected chi connectivity index (χ4v) is 2.21. The Morgan fingerprint density at radius 1 is 1.17 bits per heavy atom. The van der Waals surface area contributed by atoms with Gasteiger partial charge < -0.3 is 15.3 Å². The second-order valence-corrected chi connectivity index (χ2v) is 3.80. The van der Waals surface area contributed by atoms with Crippen molar-refractivity contribution >= 4 is 0 Å². The number of hydrogen-bond acceptors (Lipinski definition) is 4. The van der Waals surface area contributed by atoms with Crippen molar-refractivity contribution in [2.24, 2.45) is 0 Å². The molecule has 4 atom stereocenters. The summed E-state index contributed by atoms with van der Waals surface area (Å²) in [6, 6.07) is -0.0243. The molecule has 70 valence electrons. The lowest BCUT2D eigenvalue weighted by Crippen LogP contribution is -2.44. The quantitative estimate of drug-likeness (QED) is 0.419. The third-order valence-electron chi connectivity index (χ3n) is 2.94. The van der Waals surface area contributed by atoms with Crippen LogP contribution in [0.4, 0.5) is 0 Å². The lowest BCUT2D eigenvalue weighted by atomic mass is 9.98. The summed E-state index contributed by atoms with van der Waals surface area (Å²) >= 11 is 0. The van der Waals surface area contributed by atoms with Crippen LogP contribution in [0.15, 0.2) is 0 Å². The zero-order chi connectivity index (χ0) is 8.72. The van der Waals surface area contributed by atoms with Crippen LogP contribution in [-0.4, -0.2) is 57.7 Å². The maximum absolute atomic E-state index is 9.51. The molecule has 0 spiro atoms. The first kappa shape index (κ1) is 8.44. The van der Waals surface area contributed by atoms with Gasteiger partial charge in [-0.2, -0.15) is 0 Å². The largest absolute Gasteiger partial charge is 0.393 e. The van der Waals surface area contributed by atoms with E-state index in [4.69, 9.17) is 0 Å². The Hall–Kier alpha value is -0.160. The van der Waals surface area contributed by atoms with Crippen molar-refractivity contribution in [2.45, 2.75) is 37.2 Å². The summed E-state index contributed by atoms with van der Waals surface area (Å²) in [4.78, 5) is 2.06. The van der Waals surface area contributed by atoms with Gasteiger partial charge in [0.1, 0.15) is 0 Å². The predicted octanol–water partition coefficient (Wildman–Crippen LogP) is -1.45. The first-order valence-corrected chi connectivity index (χ1v) is 4.46. The molecule has 0 amide bonds. The highest BCUT2D eigenvalue weighted by Gasteiger charge is 2.42. The Bertz CT molecular complexity index is 176. The molecule has 2 saturated heterocycles. The van der Waals surface area contributed by atoms with Crippen LogP contribution in [0.3, 0.4) is 0 Å². The van der Waals surface area contributed by atoms with Gasteiger partial charge in [-0.15, -0.1) is 0 Å². The zero-order valence-electron chi connectivity index (χ0n) is 6.93. The summed E-state index contributed by atoms with van der Waals surface area (Å²) in [5.41, 5.74) is 0. The van der Waals surface area contributed by atoms with Crippen LogP contribution in [0.1, 0.15) is 12.8 Å². The summed E-state index contributed by atoms with van der Waals surface area (Å²) in [6.07, 6.45) is -0.236. The SMILES string of the molecule is O[C@@H]1CCN2C[C@@H](O)[C@@H](O)[C@@H]2C1. The van der Waals surface area contributed by atoms with Gasteiger partial charge in [-0.05, 0) is 12.8 Å². The van der Waals surface area contributed by atoms with Crippen molar-refractivity contribution in [1.82, 2.24) is 4.90 Å². The van der Waals surface area contributed by atoms with E-state index in [9.17, 15) is 15.3 Å². The number of rotatable bonds is 0. The first-order chi connectivity index (χ1) is 5.68. The molecule has 0 bridgehead atoms. The first-order valence-electron chi connectivity index (χ1n) is 4.46. The molecule has 12 heavy (non-hydrogen) atoms. The smallest absolute Gasteiger partial charge is 0.0967 e. The molecule has 0 aromatic heterocycles. The topological polar surface area (TPSA) is 63.9 Å². The normalized spacial score (nSPS) is 49.2. The highest BCUT2D eigenvalue weighted by Crippen LogP contribution is 2.27. The molecule has 2 aliphatic rings. The Morgan fingerprint density at radius 2 is 1.92 bits per heavy atom. The molecule has 0 unspecified atom stereocenters.